The van der Waals surface area contributed by atoms with E-state index in [1.807, 2.05) is 43.3 Å². The fourth-order valence-electron chi connectivity index (χ4n) is 4.79. The molecule has 2 heterocycles. The fourth-order valence-corrected chi connectivity index (χ4v) is 4.79. The molecule has 0 bridgehead atoms. The van der Waals surface area contributed by atoms with E-state index in [-0.39, 0.29) is 17.5 Å². The Morgan fingerprint density at radius 1 is 0.941 bits per heavy atom. The molecule has 1 unspecified atom stereocenters. The van der Waals surface area contributed by atoms with Crippen molar-refractivity contribution in [3.8, 4) is 5.69 Å². The smallest absolute Gasteiger partial charge is 0.265 e. The van der Waals surface area contributed by atoms with Crippen LogP contribution < -0.4 is 10.9 Å². The van der Waals surface area contributed by atoms with Crippen molar-refractivity contribution in [2.45, 2.75) is 25.8 Å². The number of fused-ring (bicyclic) bond motifs is 1. The summed E-state index contributed by atoms with van der Waals surface area (Å²) in [6, 6.07) is 25.0. The number of nitrogens with zero attached hydrogens (tertiary/aromatic N) is 3. The minimum Gasteiger partial charge on any atom is -0.350 e. The maximum atomic E-state index is 13.0. The second-order valence-corrected chi connectivity index (χ2v) is 8.74. The van der Waals surface area contributed by atoms with Crippen LogP contribution >= 0.6 is 0 Å². The first-order valence-corrected chi connectivity index (χ1v) is 11.8. The molecule has 1 amide bonds. The maximum absolute atomic E-state index is 13.0. The number of carbonyl (C=O) groups excluding carboxylic acids is 1. The average molecular weight is 453 g/mol. The summed E-state index contributed by atoms with van der Waals surface area (Å²) < 4.78 is 1.59. The van der Waals surface area contributed by atoms with Crippen LogP contribution in [-0.2, 0) is 0 Å². The standard InChI is InChI=1S/C28H28N4O2/c1-20-30-25-12-6-5-11-24(25)28(34)32(20)23-15-13-22(14-16-23)27(33)29-19-26(31-17-7-8-18-31)21-9-3-2-4-10-21/h2-6,9-16,26H,7-8,17-19H2,1H3,(H,29,33). The quantitative estimate of drug-likeness (QED) is 0.475. The van der Waals surface area contributed by atoms with Crippen molar-refractivity contribution in [1.82, 2.24) is 19.8 Å². The number of rotatable bonds is 6. The molecule has 1 aromatic heterocycles. The molecule has 0 spiro atoms. The second kappa shape index (κ2) is 9.61. The number of hydrogen-bond donors (Lipinski definition) is 1. The van der Waals surface area contributed by atoms with E-state index in [0.717, 1.165) is 13.1 Å². The molecule has 6 nitrogen and oxygen atoms in total. The van der Waals surface area contributed by atoms with Gasteiger partial charge in [0.05, 0.1) is 22.6 Å². The van der Waals surface area contributed by atoms with E-state index in [9.17, 15) is 9.59 Å². The minimum absolute atomic E-state index is 0.114. The Hall–Kier alpha value is -3.77. The highest BCUT2D eigenvalue weighted by Gasteiger charge is 2.24. The lowest BCUT2D eigenvalue weighted by Crippen LogP contribution is -2.36. The van der Waals surface area contributed by atoms with Crippen molar-refractivity contribution < 1.29 is 4.79 Å². The molecule has 4 aromatic rings. The van der Waals surface area contributed by atoms with Crippen LogP contribution in [0, 0.1) is 6.92 Å². The zero-order valence-corrected chi connectivity index (χ0v) is 19.3. The van der Waals surface area contributed by atoms with Crippen LogP contribution in [0.1, 0.15) is 40.6 Å². The van der Waals surface area contributed by atoms with Gasteiger partial charge in [0.25, 0.3) is 11.5 Å². The summed E-state index contributed by atoms with van der Waals surface area (Å²) in [5.74, 6) is 0.490. The van der Waals surface area contributed by atoms with Crippen molar-refractivity contribution in [3.05, 3.63) is 106 Å². The lowest BCUT2D eigenvalue weighted by molar-refractivity contribution is 0.0938. The third kappa shape index (κ3) is 4.37. The Labute approximate surface area is 198 Å². The van der Waals surface area contributed by atoms with E-state index in [1.54, 1.807) is 34.9 Å². The highest BCUT2D eigenvalue weighted by Crippen LogP contribution is 2.24. The molecule has 0 aliphatic carbocycles. The summed E-state index contributed by atoms with van der Waals surface area (Å²) >= 11 is 0. The van der Waals surface area contributed by atoms with Gasteiger partial charge in [0, 0.05) is 12.1 Å². The van der Waals surface area contributed by atoms with Crippen molar-refractivity contribution in [2.24, 2.45) is 0 Å². The molecule has 0 saturated carbocycles. The SMILES string of the molecule is Cc1nc2ccccc2c(=O)n1-c1ccc(C(=O)NCC(c2ccccc2)N2CCCC2)cc1. The second-order valence-electron chi connectivity index (χ2n) is 8.74. The number of aryl methyl sites for hydroxylation is 1. The van der Waals surface area contributed by atoms with Crippen molar-refractivity contribution in [3.63, 3.8) is 0 Å². The van der Waals surface area contributed by atoms with Crippen LogP contribution in [0.2, 0.25) is 0 Å². The monoisotopic (exact) mass is 452 g/mol. The zero-order valence-electron chi connectivity index (χ0n) is 19.3. The number of amides is 1. The van der Waals surface area contributed by atoms with Gasteiger partial charge in [-0.25, -0.2) is 4.98 Å². The largest absolute Gasteiger partial charge is 0.350 e. The number of likely N-dealkylation sites (tertiary alicyclic amines) is 1. The van der Waals surface area contributed by atoms with E-state index in [2.05, 4.69) is 27.3 Å². The predicted molar refractivity (Wildman–Crippen MR) is 134 cm³/mol. The van der Waals surface area contributed by atoms with E-state index >= 15 is 0 Å². The molecule has 3 aromatic carbocycles. The first-order chi connectivity index (χ1) is 16.6. The van der Waals surface area contributed by atoms with Crippen molar-refractivity contribution in [1.29, 1.82) is 0 Å². The van der Waals surface area contributed by atoms with E-state index in [0.29, 0.717) is 34.5 Å². The predicted octanol–water partition coefficient (Wildman–Crippen LogP) is 4.26. The van der Waals surface area contributed by atoms with Crippen LogP contribution in [0.5, 0.6) is 0 Å². The molecule has 0 radical (unpaired) electrons. The Morgan fingerprint density at radius 3 is 2.35 bits per heavy atom. The maximum Gasteiger partial charge on any atom is 0.265 e. The molecule has 1 N–H and O–H groups in total. The summed E-state index contributed by atoms with van der Waals surface area (Å²) in [4.78, 5) is 33.0. The first kappa shape index (κ1) is 22.0. The highest BCUT2D eigenvalue weighted by molar-refractivity contribution is 5.94. The van der Waals surface area contributed by atoms with Gasteiger partial charge < -0.3 is 5.32 Å². The lowest BCUT2D eigenvalue weighted by Gasteiger charge is -2.28. The molecule has 1 atom stereocenters. The summed E-state index contributed by atoms with van der Waals surface area (Å²) in [5, 5.41) is 3.69. The molecule has 172 valence electrons. The summed E-state index contributed by atoms with van der Waals surface area (Å²) in [7, 11) is 0. The molecule has 5 rings (SSSR count). The molecular formula is C28H28N4O2. The third-order valence-electron chi connectivity index (χ3n) is 6.55. The number of nitrogens with one attached hydrogen (secondary N) is 1. The Bertz CT molecular complexity index is 1360. The van der Waals surface area contributed by atoms with Gasteiger partial charge in [-0.2, -0.15) is 0 Å². The molecule has 34 heavy (non-hydrogen) atoms. The van der Waals surface area contributed by atoms with Gasteiger partial charge >= 0.3 is 0 Å². The minimum atomic E-state index is -0.118. The number of aromatic nitrogens is 2. The average Bonchev–Trinajstić information content (AvgIpc) is 3.40. The van der Waals surface area contributed by atoms with E-state index in [4.69, 9.17) is 0 Å². The van der Waals surface area contributed by atoms with Gasteiger partial charge in [-0.05, 0) is 74.8 Å². The normalized spacial score (nSPS) is 14.9. The van der Waals surface area contributed by atoms with Gasteiger partial charge in [-0.1, -0.05) is 42.5 Å². The molecule has 1 aliphatic heterocycles. The number of para-hydroxylation sites is 1. The highest BCUT2D eigenvalue weighted by atomic mass is 16.1. The molecular weight excluding hydrogens is 424 g/mol. The van der Waals surface area contributed by atoms with Gasteiger partial charge in [0.1, 0.15) is 5.82 Å². The molecule has 1 fully saturated rings. The first-order valence-electron chi connectivity index (χ1n) is 11.8. The molecule has 1 saturated heterocycles. The van der Waals surface area contributed by atoms with Crippen molar-refractivity contribution >= 4 is 16.8 Å². The Kier molecular flexibility index (Phi) is 6.23. The molecule has 1 aliphatic rings. The van der Waals surface area contributed by atoms with Gasteiger partial charge in [0.2, 0.25) is 0 Å². The van der Waals surface area contributed by atoms with Gasteiger partial charge in [-0.15, -0.1) is 0 Å². The summed E-state index contributed by atoms with van der Waals surface area (Å²) in [6.07, 6.45) is 2.39. The summed E-state index contributed by atoms with van der Waals surface area (Å²) in [6.45, 7) is 4.48. The van der Waals surface area contributed by atoms with Crippen LogP contribution in [0.3, 0.4) is 0 Å². The number of benzene rings is 3. The zero-order chi connectivity index (χ0) is 23.5. The van der Waals surface area contributed by atoms with Gasteiger partial charge in [0.15, 0.2) is 0 Å². The molecule has 6 heteroatoms. The van der Waals surface area contributed by atoms with Crippen LogP contribution in [-0.4, -0.2) is 40.0 Å². The van der Waals surface area contributed by atoms with Crippen LogP contribution in [0.15, 0.2) is 83.7 Å². The van der Waals surface area contributed by atoms with E-state index in [1.165, 1.54) is 18.4 Å². The number of hydrogen-bond acceptors (Lipinski definition) is 4. The number of carbonyl (C=O) groups is 1. The van der Waals surface area contributed by atoms with Crippen LogP contribution in [0.4, 0.5) is 0 Å². The van der Waals surface area contributed by atoms with Crippen molar-refractivity contribution in [2.75, 3.05) is 19.6 Å². The topological polar surface area (TPSA) is 67.2 Å². The Balaban J connectivity index is 1.34. The van der Waals surface area contributed by atoms with E-state index < -0.39 is 0 Å². The third-order valence-corrected chi connectivity index (χ3v) is 6.55. The van der Waals surface area contributed by atoms with Crippen LogP contribution in [0.25, 0.3) is 16.6 Å². The fraction of sp³-hybridized carbons (Fsp3) is 0.250. The van der Waals surface area contributed by atoms with Gasteiger partial charge in [-0.3, -0.25) is 19.1 Å². The lowest BCUT2D eigenvalue weighted by atomic mass is 10.1. The summed E-state index contributed by atoms with van der Waals surface area (Å²) in [5.41, 5.74) is 3.05. The Morgan fingerprint density at radius 2 is 1.62 bits per heavy atom.